The number of H-pyrrole nitrogens is 1. The van der Waals surface area contributed by atoms with Gasteiger partial charge in [-0.1, -0.05) is 0 Å². The lowest BCUT2D eigenvalue weighted by atomic mass is 10.1. The van der Waals surface area contributed by atoms with E-state index >= 15 is 0 Å². The molecule has 0 aliphatic heterocycles. The van der Waals surface area contributed by atoms with Crippen LogP contribution in [0.15, 0.2) is 10.9 Å². The molecule has 1 aromatic rings. The van der Waals surface area contributed by atoms with Crippen molar-refractivity contribution >= 4 is 6.29 Å². The van der Waals surface area contributed by atoms with E-state index < -0.39 is 23.2 Å². The molecule has 0 saturated carbocycles. The number of nitrogens with one attached hydrogen (secondary N) is 1. The van der Waals surface area contributed by atoms with Crippen LogP contribution in [0.3, 0.4) is 0 Å². The standard InChI is InChI=1S/C8H4F2N2O2/c9-7(10)6-4(2-11)1-5(3-13)8(14)12-6/h1,3,7H,(H,12,14). The van der Waals surface area contributed by atoms with Crippen LogP contribution in [0.1, 0.15) is 28.0 Å². The van der Waals surface area contributed by atoms with Crippen LogP contribution in [0.2, 0.25) is 0 Å². The lowest BCUT2D eigenvalue weighted by molar-refractivity contribution is 0.112. The van der Waals surface area contributed by atoms with Gasteiger partial charge in [-0.25, -0.2) is 8.78 Å². The number of aldehydes is 1. The number of nitriles is 1. The molecule has 0 fully saturated rings. The number of hydrogen-bond donors (Lipinski definition) is 1. The van der Waals surface area contributed by atoms with E-state index in [1.807, 2.05) is 0 Å². The van der Waals surface area contributed by atoms with E-state index in [0.29, 0.717) is 0 Å². The quantitative estimate of drug-likeness (QED) is 0.720. The normalized spacial score (nSPS) is 9.86. The molecular formula is C8H4F2N2O2. The molecule has 1 N–H and O–H groups in total. The Morgan fingerprint density at radius 2 is 2.21 bits per heavy atom. The van der Waals surface area contributed by atoms with Crippen LogP contribution >= 0.6 is 0 Å². The zero-order valence-electron chi connectivity index (χ0n) is 6.75. The third kappa shape index (κ3) is 1.66. The molecule has 0 aromatic carbocycles. The summed E-state index contributed by atoms with van der Waals surface area (Å²) >= 11 is 0. The number of carbonyl (C=O) groups excluding carboxylic acids is 1. The molecule has 72 valence electrons. The number of pyridine rings is 1. The van der Waals surface area contributed by atoms with Crippen molar-refractivity contribution in [2.45, 2.75) is 6.43 Å². The Labute approximate surface area is 76.8 Å². The van der Waals surface area contributed by atoms with Crippen molar-refractivity contribution in [3.8, 4) is 6.07 Å². The summed E-state index contributed by atoms with van der Waals surface area (Å²) in [6.45, 7) is 0. The molecule has 0 bridgehead atoms. The second-order valence-corrected chi connectivity index (χ2v) is 2.41. The zero-order valence-corrected chi connectivity index (χ0v) is 6.75. The minimum atomic E-state index is -2.95. The molecule has 0 radical (unpaired) electrons. The molecule has 0 spiro atoms. The van der Waals surface area contributed by atoms with Crippen LogP contribution in [0.5, 0.6) is 0 Å². The maximum Gasteiger partial charge on any atom is 0.279 e. The summed E-state index contributed by atoms with van der Waals surface area (Å²) in [6, 6.07) is 2.31. The van der Waals surface area contributed by atoms with E-state index in [1.165, 1.54) is 6.07 Å². The summed E-state index contributed by atoms with van der Waals surface area (Å²) in [7, 11) is 0. The van der Waals surface area contributed by atoms with Crippen molar-refractivity contribution in [2.75, 3.05) is 0 Å². The van der Waals surface area contributed by atoms with E-state index in [2.05, 4.69) is 0 Å². The number of carbonyl (C=O) groups is 1. The van der Waals surface area contributed by atoms with Gasteiger partial charge in [0.1, 0.15) is 11.8 Å². The highest BCUT2D eigenvalue weighted by Crippen LogP contribution is 2.18. The number of hydrogen-bond acceptors (Lipinski definition) is 3. The Kier molecular flexibility index (Phi) is 2.72. The molecule has 0 atom stereocenters. The molecule has 1 heterocycles. The van der Waals surface area contributed by atoms with E-state index in [1.54, 1.807) is 4.98 Å². The largest absolute Gasteiger partial charge is 0.319 e. The SMILES string of the molecule is N#Cc1cc(C=O)c(=O)[nH]c1C(F)F. The van der Waals surface area contributed by atoms with Crippen molar-refractivity contribution in [3.63, 3.8) is 0 Å². The number of aromatic nitrogens is 1. The number of halogens is 2. The summed E-state index contributed by atoms with van der Waals surface area (Å²) in [5.41, 5.74) is -2.43. The van der Waals surface area contributed by atoms with Crippen molar-refractivity contribution < 1.29 is 13.6 Å². The molecule has 0 amide bonds. The monoisotopic (exact) mass is 198 g/mol. The van der Waals surface area contributed by atoms with Gasteiger partial charge in [0.25, 0.3) is 12.0 Å². The van der Waals surface area contributed by atoms with Gasteiger partial charge in [0.05, 0.1) is 11.1 Å². The average molecular weight is 198 g/mol. The van der Waals surface area contributed by atoms with Gasteiger partial charge in [-0.3, -0.25) is 9.59 Å². The van der Waals surface area contributed by atoms with Crippen LogP contribution in [0.4, 0.5) is 8.78 Å². The number of aromatic amines is 1. The van der Waals surface area contributed by atoms with E-state index in [9.17, 15) is 18.4 Å². The fraction of sp³-hybridized carbons (Fsp3) is 0.125. The fourth-order valence-electron chi connectivity index (χ4n) is 0.913. The van der Waals surface area contributed by atoms with Crippen LogP contribution in [0, 0.1) is 11.3 Å². The first-order valence-electron chi connectivity index (χ1n) is 3.50. The smallest absolute Gasteiger partial charge is 0.279 e. The van der Waals surface area contributed by atoms with Gasteiger partial charge in [0.2, 0.25) is 0 Å². The van der Waals surface area contributed by atoms with Crippen LogP contribution in [-0.2, 0) is 0 Å². The van der Waals surface area contributed by atoms with Gasteiger partial charge >= 0.3 is 0 Å². The van der Waals surface area contributed by atoms with Gasteiger partial charge in [-0.15, -0.1) is 0 Å². The van der Waals surface area contributed by atoms with Crippen LogP contribution in [-0.4, -0.2) is 11.3 Å². The van der Waals surface area contributed by atoms with Crippen molar-refractivity contribution in [3.05, 3.63) is 33.2 Å². The maximum absolute atomic E-state index is 12.2. The summed E-state index contributed by atoms with van der Waals surface area (Å²) in [4.78, 5) is 23.0. The molecule has 1 aromatic heterocycles. The topological polar surface area (TPSA) is 73.7 Å². The highest BCUT2D eigenvalue weighted by molar-refractivity contribution is 5.74. The Morgan fingerprint density at radius 3 is 2.64 bits per heavy atom. The third-order valence-corrected chi connectivity index (χ3v) is 1.57. The Bertz CT molecular complexity index is 459. The van der Waals surface area contributed by atoms with Crippen LogP contribution < -0.4 is 5.56 Å². The van der Waals surface area contributed by atoms with E-state index in [-0.39, 0.29) is 11.8 Å². The molecule has 0 unspecified atom stereocenters. The summed E-state index contributed by atoms with van der Waals surface area (Å²) in [6.07, 6.45) is -2.74. The maximum atomic E-state index is 12.2. The van der Waals surface area contributed by atoms with Gasteiger partial charge in [0.15, 0.2) is 6.29 Å². The first-order valence-corrected chi connectivity index (χ1v) is 3.50. The predicted octanol–water partition coefficient (Wildman–Crippen LogP) is 0.997. The van der Waals surface area contributed by atoms with Gasteiger partial charge in [-0.05, 0) is 6.07 Å². The first kappa shape index (κ1) is 10.1. The Balaban J connectivity index is 3.49. The summed E-state index contributed by atoms with van der Waals surface area (Å²) < 4.78 is 24.4. The van der Waals surface area contributed by atoms with Crippen molar-refractivity contribution in [1.29, 1.82) is 5.26 Å². The lowest BCUT2D eigenvalue weighted by Crippen LogP contribution is -2.15. The second-order valence-electron chi connectivity index (χ2n) is 2.41. The molecule has 0 aliphatic carbocycles. The van der Waals surface area contributed by atoms with Crippen molar-refractivity contribution in [2.24, 2.45) is 0 Å². The molecule has 4 nitrogen and oxygen atoms in total. The summed E-state index contributed by atoms with van der Waals surface area (Å²) in [5, 5.41) is 8.46. The van der Waals surface area contributed by atoms with E-state index in [0.717, 1.165) is 6.07 Å². The molecular weight excluding hydrogens is 194 g/mol. The first-order chi connectivity index (χ1) is 6.60. The predicted molar refractivity (Wildman–Crippen MR) is 42.1 cm³/mol. The second kappa shape index (κ2) is 3.79. The number of alkyl halides is 2. The Hall–Kier alpha value is -2.03. The Morgan fingerprint density at radius 1 is 1.57 bits per heavy atom. The highest BCUT2D eigenvalue weighted by atomic mass is 19.3. The van der Waals surface area contributed by atoms with Gasteiger partial charge in [-0.2, -0.15) is 5.26 Å². The molecule has 6 heteroatoms. The minimum absolute atomic E-state index is 0.203. The highest BCUT2D eigenvalue weighted by Gasteiger charge is 2.15. The number of rotatable bonds is 2. The van der Waals surface area contributed by atoms with Gasteiger partial charge < -0.3 is 4.98 Å². The minimum Gasteiger partial charge on any atom is -0.319 e. The molecule has 0 saturated heterocycles. The molecule has 0 aliphatic rings. The van der Waals surface area contributed by atoms with E-state index in [4.69, 9.17) is 5.26 Å². The zero-order chi connectivity index (χ0) is 10.7. The molecule has 1 rings (SSSR count). The lowest BCUT2D eigenvalue weighted by Gasteiger charge is -2.01. The molecule has 14 heavy (non-hydrogen) atoms. The van der Waals surface area contributed by atoms with Crippen LogP contribution in [0.25, 0.3) is 0 Å². The number of nitrogens with zero attached hydrogens (tertiary/aromatic N) is 1. The third-order valence-electron chi connectivity index (χ3n) is 1.57. The van der Waals surface area contributed by atoms with Crippen molar-refractivity contribution in [1.82, 2.24) is 4.98 Å². The van der Waals surface area contributed by atoms with Gasteiger partial charge in [0, 0.05) is 0 Å². The summed E-state index contributed by atoms with van der Waals surface area (Å²) in [5.74, 6) is 0. The average Bonchev–Trinajstić information content (AvgIpc) is 2.17. The fourth-order valence-corrected chi connectivity index (χ4v) is 0.913.